The lowest BCUT2D eigenvalue weighted by molar-refractivity contribution is 0.0844. The number of aryl methyl sites for hydroxylation is 1. The Bertz CT molecular complexity index is 747. The molecule has 6 nitrogen and oxygen atoms in total. The fraction of sp³-hybridized carbons (Fsp3) is 0.818. The fourth-order valence-corrected chi connectivity index (χ4v) is 4.71. The number of nitrogens with zero attached hydrogens (tertiary/aromatic N) is 3. The maximum atomic E-state index is 12.9. The molecule has 172 valence electrons. The van der Waals surface area contributed by atoms with Crippen molar-refractivity contribution in [2.24, 2.45) is 0 Å². The first-order valence-corrected chi connectivity index (χ1v) is 18.0. The van der Waals surface area contributed by atoms with Crippen molar-refractivity contribution in [3.05, 3.63) is 22.2 Å². The molecule has 30 heavy (non-hydrogen) atoms. The molecule has 0 spiro atoms. The second-order valence-electron chi connectivity index (χ2n) is 11.2. The first-order valence-electron chi connectivity index (χ1n) is 11.4. The summed E-state index contributed by atoms with van der Waals surface area (Å²) >= 11 is 0. The van der Waals surface area contributed by atoms with Crippen molar-refractivity contribution in [2.75, 3.05) is 31.2 Å². The van der Waals surface area contributed by atoms with E-state index >= 15 is 0 Å². The summed E-state index contributed by atoms with van der Waals surface area (Å²) in [5.74, 6) is 0.581. The topological polar surface area (TPSA) is 56.6 Å². The van der Waals surface area contributed by atoms with Crippen molar-refractivity contribution in [1.29, 1.82) is 0 Å². The van der Waals surface area contributed by atoms with Gasteiger partial charge in [-0.15, -0.1) is 0 Å². The van der Waals surface area contributed by atoms with Gasteiger partial charge in [-0.2, -0.15) is 0 Å². The van der Waals surface area contributed by atoms with Crippen molar-refractivity contribution < 1.29 is 9.16 Å². The van der Waals surface area contributed by atoms with Crippen molar-refractivity contribution in [2.45, 2.75) is 90.6 Å². The van der Waals surface area contributed by atoms with Gasteiger partial charge in [-0.25, -0.2) is 4.98 Å². The monoisotopic (exact) mass is 453 g/mol. The van der Waals surface area contributed by atoms with E-state index in [9.17, 15) is 4.79 Å². The third kappa shape index (κ3) is 7.32. The number of ether oxygens (including phenoxy) is 1. The van der Waals surface area contributed by atoms with Crippen LogP contribution in [0.3, 0.4) is 0 Å². The second kappa shape index (κ2) is 10.1. The first-order chi connectivity index (χ1) is 13.8. The van der Waals surface area contributed by atoms with Crippen LogP contribution in [0.2, 0.25) is 43.8 Å². The van der Waals surface area contributed by atoms with Crippen LogP contribution in [-0.4, -0.2) is 52.2 Å². The maximum absolute atomic E-state index is 12.9. The average Bonchev–Trinajstić information content (AvgIpc) is 2.55. The molecule has 0 atom stereocenters. The number of rotatable bonds is 11. The number of hydrogen-bond donors (Lipinski definition) is 0. The summed E-state index contributed by atoms with van der Waals surface area (Å²) in [6.45, 7) is 21.9. The first kappa shape index (κ1) is 25.3. The van der Waals surface area contributed by atoms with Gasteiger partial charge < -0.3 is 14.1 Å². The van der Waals surface area contributed by atoms with E-state index < -0.39 is 16.4 Å². The largest absolute Gasteiger partial charge is 0.417 e. The highest BCUT2D eigenvalue weighted by Crippen LogP contribution is 2.36. The summed E-state index contributed by atoms with van der Waals surface area (Å²) in [6.07, 6.45) is 4.73. The molecule has 0 unspecified atom stereocenters. The third-order valence-electron chi connectivity index (χ3n) is 6.24. The van der Waals surface area contributed by atoms with Gasteiger partial charge in [-0.05, 0) is 43.4 Å². The van der Waals surface area contributed by atoms with Gasteiger partial charge in [0.25, 0.3) is 5.56 Å². The zero-order valence-corrected chi connectivity index (χ0v) is 22.5. The van der Waals surface area contributed by atoms with E-state index in [2.05, 4.69) is 58.4 Å². The summed E-state index contributed by atoms with van der Waals surface area (Å²) in [4.78, 5) is 19.7. The molecular weight excluding hydrogens is 410 g/mol. The van der Waals surface area contributed by atoms with Crippen LogP contribution in [0, 0.1) is 0 Å². The Morgan fingerprint density at radius 3 is 2.30 bits per heavy atom. The molecule has 2 heterocycles. The number of anilines is 1. The predicted octanol–water partition coefficient (Wildman–Crippen LogP) is 4.72. The summed E-state index contributed by atoms with van der Waals surface area (Å²) in [5, 5.41) is 0.219. The Kier molecular flexibility index (Phi) is 8.52. The normalized spacial score (nSPS) is 15.4. The molecule has 1 aromatic heterocycles. The van der Waals surface area contributed by atoms with Crippen LogP contribution >= 0.6 is 0 Å². The van der Waals surface area contributed by atoms with Gasteiger partial charge in [0.05, 0.1) is 5.69 Å². The number of hydrogen-bond acceptors (Lipinski definition) is 5. The average molecular weight is 454 g/mol. The van der Waals surface area contributed by atoms with Gasteiger partial charge >= 0.3 is 0 Å². The smallest absolute Gasteiger partial charge is 0.295 e. The second-order valence-corrected chi connectivity index (χ2v) is 21.7. The van der Waals surface area contributed by atoms with Gasteiger partial charge in [0, 0.05) is 40.6 Å². The standard InChI is InChI=1S/C22H43N3O3Si2/c1-22(2,3)30(7,8)28-14-9-11-19-17-25(18-27-15-16-29(4,5)6)21(26)20(23-19)24-12-10-13-24/h17H,9-16,18H2,1-8H3. The van der Waals surface area contributed by atoms with Gasteiger partial charge in [0.1, 0.15) is 6.73 Å². The van der Waals surface area contributed by atoms with Crippen LogP contribution in [0.15, 0.2) is 11.0 Å². The summed E-state index contributed by atoms with van der Waals surface area (Å²) < 4.78 is 13.9. The number of aromatic nitrogens is 2. The van der Waals surface area contributed by atoms with Crippen LogP contribution in [0.5, 0.6) is 0 Å². The zero-order chi connectivity index (χ0) is 22.6. The van der Waals surface area contributed by atoms with Gasteiger partial charge in [0.2, 0.25) is 0 Å². The molecule has 0 N–H and O–H groups in total. The lowest BCUT2D eigenvalue weighted by Crippen LogP contribution is -2.43. The highest BCUT2D eigenvalue weighted by molar-refractivity contribution is 6.76. The highest BCUT2D eigenvalue weighted by Gasteiger charge is 2.36. The molecule has 0 saturated carbocycles. The van der Waals surface area contributed by atoms with Crippen molar-refractivity contribution in [1.82, 2.24) is 9.55 Å². The zero-order valence-electron chi connectivity index (χ0n) is 20.5. The summed E-state index contributed by atoms with van der Waals surface area (Å²) in [5.41, 5.74) is 0.910. The quantitative estimate of drug-likeness (QED) is 0.358. The molecule has 1 aliphatic rings. The van der Waals surface area contributed by atoms with Crippen LogP contribution < -0.4 is 10.5 Å². The van der Waals surface area contributed by atoms with Crippen LogP contribution in [0.25, 0.3) is 0 Å². The van der Waals surface area contributed by atoms with Crippen LogP contribution in [-0.2, 0) is 22.3 Å². The molecule has 0 aromatic carbocycles. The molecule has 1 aliphatic heterocycles. The van der Waals surface area contributed by atoms with Crippen LogP contribution in [0.1, 0.15) is 39.3 Å². The third-order valence-corrected chi connectivity index (χ3v) is 12.5. The molecule has 0 aliphatic carbocycles. The van der Waals surface area contributed by atoms with Crippen molar-refractivity contribution in [3.63, 3.8) is 0 Å². The SMILES string of the molecule is CC(C)(C)[Si](C)(C)OCCCc1cn(COCC[Si](C)(C)C)c(=O)c(N2CCC2)n1. The molecule has 1 fully saturated rings. The minimum atomic E-state index is -1.73. The molecule has 1 aromatic rings. The van der Waals surface area contributed by atoms with E-state index in [0.29, 0.717) is 19.2 Å². The fourth-order valence-electron chi connectivity index (χ4n) is 2.87. The van der Waals surface area contributed by atoms with Crippen LogP contribution in [0.4, 0.5) is 5.82 Å². The van der Waals surface area contributed by atoms with E-state index in [0.717, 1.165) is 50.7 Å². The lowest BCUT2D eigenvalue weighted by atomic mass is 10.2. The Balaban J connectivity index is 2.01. The van der Waals surface area contributed by atoms with E-state index in [-0.39, 0.29) is 10.6 Å². The van der Waals surface area contributed by atoms with Gasteiger partial charge in [-0.3, -0.25) is 9.36 Å². The lowest BCUT2D eigenvalue weighted by Gasteiger charge is -2.36. The molecule has 8 heteroatoms. The van der Waals surface area contributed by atoms with Crippen molar-refractivity contribution >= 4 is 22.2 Å². The molecule has 0 bridgehead atoms. The molecule has 0 amide bonds. The Labute approximate surface area is 185 Å². The van der Waals surface area contributed by atoms with E-state index in [1.165, 1.54) is 0 Å². The Morgan fingerprint density at radius 2 is 1.77 bits per heavy atom. The molecule has 1 saturated heterocycles. The molecule has 0 radical (unpaired) electrons. The maximum Gasteiger partial charge on any atom is 0.295 e. The molecular formula is C22H43N3O3Si2. The minimum absolute atomic E-state index is 0.0380. The van der Waals surface area contributed by atoms with Crippen molar-refractivity contribution in [3.8, 4) is 0 Å². The van der Waals surface area contributed by atoms with Gasteiger partial charge in [-0.1, -0.05) is 40.4 Å². The minimum Gasteiger partial charge on any atom is -0.417 e. The predicted molar refractivity (Wildman–Crippen MR) is 131 cm³/mol. The summed E-state index contributed by atoms with van der Waals surface area (Å²) in [7, 11) is -2.87. The molecule has 2 rings (SSSR count). The Hall–Kier alpha value is -0.966. The van der Waals surface area contributed by atoms with E-state index in [1.807, 2.05) is 6.20 Å². The highest BCUT2D eigenvalue weighted by atomic mass is 28.4. The Morgan fingerprint density at radius 1 is 1.10 bits per heavy atom. The van der Waals surface area contributed by atoms with Gasteiger partial charge in [0.15, 0.2) is 14.1 Å². The summed E-state index contributed by atoms with van der Waals surface area (Å²) in [6, 6.07) is 1.10. The van der Waals surface area contributed by atoms with E-state index in [4.69, 9.17) is 14.1 Å². The van der Waals surface area contributed by atoms with E-state index in [1.54, 1.807) is 4.57 Å².